The zero-order valence-electron chi connectivity index (χ0n) is 19.5. The Morgan fingerprint density at radius 2 is 1.69 bits per heavy atom. The van der Waals surface area contributed by atoms with Gasteiger partial charge in [-0.1, -0.05) is 6.07 Å². The molecule has 1 fully saturated rings. The van der Waals surface area contributed by atoms with Crippen LogP contribution in [0.1, 0.15) is 11.1 Å². The molecular formula is C24H26F3N7O2. The fourth-order valence-electron chi connectivity index (χ4n) is 3.74. The van der Waals surface area contributed by atoms with Crippen molar-refractivity contribution in [3.63, 3.8) is 0 Å². The maximum absolute atomic E-state index is 13.8. The molecular weight excluding hydrogens is 475 g/mol. The second-order valence-corrected chi connectivity index (χ2v) is 8.41. The van der Waals surface area contributed by atoms with Gasteiger partial charge in [0.1, 0.15) is 5.75 Å². The molecule has 36 heavy (non-hydrogen) atoms. The number of nitrogens with zero attached hydrogens (tertiary/aromatic N) is 4. The normalized spacial score (nSPS) is 14.9. The number of alkyl halides is 3. The molecule has 1 aromatic heterocycles. The summed E-state index contributed by atoms with van der Waals surface area (Å²) < 4.78 is 46.8. The van der Waals surface area contributed by atoms with Gasteiger partial charge < -0.3 is 26.0 Å². The molecule has 1 aliphatic heterocycles. The first-order chi connectivity index (χ1) is 17.2. The predicted molar refractivity (Wildman–Crippen MR) is 130 cm³/mol. The van der Waals surface area contributed by atoms with E-state index in [1.165, 1.54) is 18.3 Å². The third-order valence-corrected chi connectivity index (χ3v) is 5.65. The van der Waals surface area contributed by atoms with Gasteiger partial charge in [0.2, 0.25) is 11.8 Å². The second kappa shape index (κ2) is 10.8. The molecule has 0 saturated carbocycles. The number of aromatic nitrogens is 2. The summed E-state index contributed by atoms with van der Waals surface area (Å²) in [6.07, 6.45) is -3.08. The van der Waals surface area contributed by atoms with Gasteiger partial charge in [-0.3, -0.25) is 4.90 Å². The van der Waals surface area contributed by atoms with Gasteiger partial charge in [0, 0.05) is 56.4 Å². The quantitative estimate of drug-likeness (QED) is 0.463. The number of benzene rings is 2. The van der Waals surface area contributed by atoms with Gasteiger partial charge >= 0.3 is 12.2 Å². The van der Waals surface area contributed by atoms with E-state index in [1.807, 2.05) is 11.9 Å². The largest absolute Gasteiger partial charge is 0.439 e. The van der Waals surface area contributed by atoms with Crippen LogP contribution in [0.25, 0.3) is 0 Å². The standard InChI is InChI=1S/C24H26F3N7O2/c1-33-10-12-34(13-11-33)15-16-2-3-18(14-20(16)24(25,26)27)31-23(35)30-17-4-6-19(7-5-17)36-21-8-9-29-22(28)32-21/h2-9,14H,10-13,15H2,1H3,(H2,28,29,32)(H2,30,31,35). The van der Waals surface area contributed by atoms with Crippen molar-refractivity contribution >= 4 is 23.4 Å². The van der Waals surface area contributed by atoms with Crippen molar-refractivity contribution in [1.82, 2.24) is 19.8 Å². The highest BCUT2D eigenvalue weighted by Crippen LogP contribution is 2.34. The summed E-state index contributed by atoms with van der Waals surface area (Å²) in [5.74, 6) is 0.783. The van der Waals surface area contributed by atoms with Crippen LogP contribution in [-0.4, -0.2) is 59.0 Å². The van der Waals surface area contributed by atoms with Crippen LogP contribution in [0.3, 0.4) is 0 Å². The van der Waals surface area contributed by atoms with Crippen LogP contribution in [0.2, 0.25) is 0 Å². The molecule has 0 bridgehead atoms. The Kier molecular flexibility index (Phi) is 7.55. The first-order valence-corrected chi connectivity index (χ1v) is 11.2. The van der Waals surface area contributed by atoms with Crippen LogP contribution in [0.5, 0.6) is 11.6 Å². The highest BCUT2D eigenvalue weighted by atomic mass is 19.4. The smallest absolute Gasteiger partial charge is 0.416 e. The lowest BCUT2D eigenvalue weighted by molar-refractivity contribution is -0.138. The maximum atomic E-state index is 13.8. The molecule has 0 unspecified atom stereocenters. The van der Waals surface area contributed by atoms with Gasteiger partial charge in [0.25, 0.3) is 0 Å². The highest BCUT2D eigenvalue weighted by Gasteiger charge is 2.34. The summed E-state index contributed by atoms with van der Waals surface area (Å²) in [6, 6.07) is 11.1. The van der Waals surface area contributed by atoms with Crippen LogP contribution >= 0.6 is 0 Å². The minimum absolute atomic E-state index is 0.0447. The van der Waals surface area contributed by atoms with Gasteiger partial charge in [0.05, 0.1) is 5.56 Å². The van der Waals surface area contributed by atoms with Crippen LogP contribution in [0.15, 0.2) is 54.7 Å². The van der Waals surface area contributed by atoms with E-state index in [9.17, 15) is 18.0 Å². The zero-order valence-corrected chi connectivity index (χ0v) is 19.5. The van der Waals surface area contributed by atoms with E-state index in [1.54, 1.807) is 30.3 Å². The molecule has 9 nitrogen and oxygen atoms in total. The predicted octanol–water partition coefficient (Wildman–Crippen LogP) is 4.26. The molecule has 2 heterocycles. The minimum atomic E-state index is -4.54. The van der Waals surface area contributed by atoms with Crippen molar-refractivity contribution in [3.8, 4) is 11.6 Å². The number of hydrogen-bond acceptors (Lipinski definition) is 7. The van der Waals surface area contributed by atoms with E-state index in [0.717, 1.165) is 19.2 Å². The number of nitrogen functional groups attached to an aromatic ring is 1. The molecule has 0 spiro atoms. The lowest BCUT2D eigenvalue weighted by Gasteiger charge is -2.33. The van der Waals surface area contributed by atoms with Crippen LogP contribution in [0.4, 0.5) is 35.3 Å². The second-order valence-electron chi connectivity index (χ2n) is 8.41. The number of hydrogen-bond donors (Lipinski definition) is 3. The fourth-order valence-corrected chi connectivity index (χ4v) is 3.74. The number of carbonyl (C=O) groups excluding carboxylic acids is 1. The number of urea groups is 1. The lowest BCUT2D eigenvalue weighted by atomic mass is 10.0. The fraction of sp³-hybridized carbons (Fsp3) is 0.292. The van der Waals surface area contributed by atoms with Crippen molar-refractivity contribution in [2.75, 3.05) is 49.6 Å². The van der Waals surface area contributed by atoms with Crippen molar-refractivity contribution in [2.45, 2.75) is 12.7 Å². The topological polar surface area (TPSA) is 109 Å². The van der Waals surface area contributed by atoms with Crippen molar-refractivity contribution in [1.29, 1.82) is 0 Å². The number of halogens is 3. The SMILES string of the molecule is CN1CCN(Cc2ccc(NC(=O)Nc3ccc(Oc4ccnc(N)n4)cc3)cc2C(F)(F)F)CC1. The molecule has 2 amide bonds. The third-order valence-electron chi connectivity index (χ3n) is 5.65. The molecule has 12 heteroatoms. The number of nitrogens with two attached hydrogens (primary N) is 1. The Morgan fingerprint density at radius 1 is 1.03 bits per heavy atom. The van der Waals surface area contributed by atoms with Gasteiger partial charge in [-0.25, -0.2) is 9.78 Å². The maximum Gasteiger partial charge on any atom is 0.416 e. The monoisotopic (exact) mass is 501 g/mol. The summed E-state index contributed by atoms with van der Waals surface area (Å²) in [4.78, 5) is 24.3. The lowest BCUT2D eigenvalue weighted by Crippen LogP contribution is -2.44. The molecule has 0 aliphatic carbocycles. The van der Waals surface area contributed by atoms with Gasteiger partial charge in [-0.05, 0) is 49.0 Å². The van der Waals surface area contributed by atoms with Gasteiger partial charge in [-0.2, -0.15) is 18.2 Å². The van der Waals surface area contributed by atoms with Crippen LogP contribution in [0, 0.1) is 0 Å². The summed E-state index contributed by atoms with van der Waals surface area (Å²) in [5, 5.41) is 5.06. The van der Waals surface area contributed by atoms with E-state index in [4.69, 9.17) is 10.5 Å². The Morgan fingerprint density at radius 3 is 2.36 bits per heavy atom. The molecule has 4 rings (SSSR count). The average Bonchev–Trinajstić information content (AvgIpc) is 2.82. The Balaban J connectivity index is 1.38. The van der Waals surface area contributed by atoms with E-state index >= 15 is 0 Å². The van der Waals surface area contributed by atoms with Gasteiger partial charge in [-0.15, -0.1) is 0 Å². The van der Waals surface area contributed by atoms with Crippen LogP contribution in [-0.2, 0) is 12.7 Å². The third kappa shape index (κ3) is 6.83. The highest BCUT2D eigenvalue weighted by molar-refractivity contribution is 5.99. The Bertz CT molecular complexity index is 1200. The first kappa shape index (κ1) is 25.2. The van der Waals surface area contributed by atoms with Crippen molar-refractivity contribution in [3.05, 3.63) is 65.9 Å². The Hall–Kier alpha value is -3.90. The zero-order chi connectivity index (χ0) is 25.7. The van der Waals surface area contributed by atoms with E-state index in [2.05, 4.69) is 25.5 Å². The average molecular weight is 502 g/mol. The first-order valence-electron chi connectivity index (χ1n) is 11.2. The van der Waals surface area contributed by atoms with E-state index in [0.29, 0.717) is 24.5 Å². The molecule has 1 saturated heterocycles. The molecule has 0 radical (unpaired) electrons. The van der Waals surface area contributed by atoms with Crippen LogP contribution < -0.4 is 21.1 Å². The summed E-state index contributed by atoms with van der Waals surface area (Å²) in [6.45, 7) is 3.22. The number of nitrogens with one attached hydrogen (secondary N) is 2. The summed E-state index contributed by atoms with van der Waals surface area (Å²) in [5.41, 5.74) is 5.41. The molecule has 2 aromatic carbocycles. The molecule has 4 N–H and O–H groups in total. The van der Waals surface area contributed by atoms with E-state index < -0.39 is 17.8 Å². The minimum Gasteiger partial charge on any atom is -0.439 e. The Labute approximate surface area is 206 Å². The van der Waals surface area contributed by atoms with Crippen molar-refractivity contribution in [2.24, 2.45) is 0 Å². The number of ether oxygens (including phenoxy) is 1. The molecule has 190 valence electrons. The molecule has 1 aliphatic rings. The molecule has 0 atom stereocenters. The summed E-state index contributed by atoms with van der Waals surface area (Å²) >= 11 is 0. The summed E-state index contributed by atoms with van der Waals surface area (Å²) in [7, 11) is 1.99. The number of piperazine rings is 1. The molecule has 3 aromatic rings. The van der Waals surface area contributed by atoms with Crippen molar-refractivity contribution < 1.29 is 22.7 Å². The number of likely N-dealkylation sites (N-methyl/N-ethyl adjacent to an activating group) is 1. The number of anilines is 3. The number of rotatable bonds is 6. The van der Waals surface area contributed by atoms with E-state index in [-0.39, 0.29) is 29.6 Å². The number of amides is 2. The van der Waals surface area contributed by atoms with Gasteiger partial charge in [0.15, 0.2) is 0 Å². The number of carbonyl (C=O) groups is 1.